The van der Waals surface area contributed by atoms with Crippen molar-refractivity contribution in [2.75, 3.05) is 0 Å². The molecule has 0 saturated heterocycles. The fourth-order valence-corrected chi connectivity index (χ4v) is 2.59. The van der Waals surface area contributed by atoms with Crippen molar-refractivity contribution in [1.29, 1.82) is 0 Å². The Hall–Kier alpha value is -2.81. The van der Waals surface area contributed by atoms with Crippen molar-refractivity contribution in [1.82, 2.24) is 19.1 Å². The molecule has 2 aromatic heterocycles. The van der Waals surface area contributed by atoms with E-state index in [1.54, 1.807) is 0 Å². The molecule has 0 aliphatic carbocycles. The van der Waals surface area contributed by atoms with E-state index in [1.165, 1.54) is 7.05 Å². The number of nitrogens with one attached hydrogen (secondary N) is 1. The lowest BCUT2D eigenvalue weighted by Crippen LogP contribution is -2.29. The third kappa shape index (κ3) is 3.50. The van der Waals surface area contributed by atoms with E-state index in [2.05, 4.69) is 9.97 Å². The van der Waals surface area contributed by atoms with Crippen LogP contribution in [0.5, 0.6) is 0 Å². The van der Waals surface area contributed by atoms with Crippen LogP contribution in [0, 0.1) is 0 Å². The van der Waals surface area contributed by atoms with Gasteiger partial charge < -0.3 is 9.30 Å². The maximum absolute atomic E-state index is 13.0. The van der Waals surface area contributed by atoms with Crippen LogP contribution in [0.3, 0.4) is 0 Å². The average Bonchev–Trinajstić information content (AvgIpc) is 2.92. The summed E-state index contributed by atoms with van der Waals surface area (Å²) in [6.45, 7) is -0.477. The lowest BCUT2D eigenvalue weighted by atomic mass is 10.2. The number of aromatic nitrogens is 4. The topological polar surface area (TPSA) is 81.9 Å². The smallest absolute Gasteiger partial charge is 0.329 e. The van der Waals surface area contributed by atoms with Gasteiger partial charge in [0.05, 0.1) is 13.2 Å². The summed E-state index contributed by atoms with van der Waals surface area (Å²) < 4.78 is 33.7. The number of imidazole rings is 1. The van der Waals surface area contributed by atoms with Crippen LogP contribution in [0.25, 0.3) is 11.2 Å². The van der Waals surface area contributed by atoms with Gasteiger partial charge >= 0.3 is 5.69 Å². The highest BCUT2D eigenvalue weighted by Gasteiger charge is 2.19. The van der Waals surface area contributed by atoms with Crippen molar-refractivity contribution in [2.24, 2.45) is 7.05 Å². The summed E-state index contributed by atoms with van der Waals surface area (Å²) in [4.78, 5) is 29.9. The number of fused-ring (bicyclic) bond motifs is 1. The molecule has 2 heterocycles. The maximum Gasteiger partial charge on any atom is 0.329 e. The number of rotatable bonds is 6. The zero-order chi connectivity index (χ0) is 18.0. The highest BCUT2D eigenvalue weighted by atomic mass is 19.3. The summed E-state index contributed by atoms with van der Waals surface area (Å²) in [5.41, 5.74) is -0.502. The molecule has 0 radical (unpaired) electrons. The molecule has 0 unspecified atom stereocenters. The fourth-order valence-electron chi connectivity index (χ4n) is 2.59. The SMILES string of the molecule is Cn1c(=O)[nH]c(=O)c2nc(COCc3ccccc3)n(CC(F)F)c21. The molecule has 0 atom stereocenters. The Morgan fingerprint density at radius 2 is 1.92 bits per heavy atom. The molecule has 0 bridgehead atoms. The van der Waals surface area contributed by atoms with Crippen LogP contribution in [0.2, 0.25) is 0 Å². The summed E-state index contributed by atoms with van der Waals surface area (Å²) in [6, 6.07) is 9.34. The zero-order valence-corrected chi connectivity index (χ0v) is 13.4. The first-order valence-electron chi connectivity index (χ1n) is 7.55. The van der Waals surface area contributed by atoms with Crippen molar-refractivity contribution in [3.63, 3.8) is 0 Å². The first-order chi connectivity index (χ1) is 12.0. The second kappa shape index (κ2) is 6.98. The van der Waals surface area contributed by atoms with Crippen LogP contribution in [0.1, 0.15) is 11.4 Å². The Bertz CT molecular complexity index is 992. The van der Waals surface area contributed by atoms with E-state index >= 15 is 0 Å². The molecule has 0 saturated carbocycles. The van der Waals surface area contributed by atoms with E-state index in [-0.39, 0.29) is 30.2 Å². The van der Waals surface area contributed by atoms with E-state index in [0.29, 0.717) is 0 Å². The van der Waals surface area contributed by atoms with Crippen LogP contribution in [-0.2, 0) is 31.5 Å². The summed E-state index contributed by atoms with van der Waals surface area (Å²) in [5.74, 6) is 0.165. The quantitative estimate of drug-likeness (QED) is 0.729. The van der Waals surface area contributed by atoms with Crippen LogP contribution in [0.4, 0.5) is 8.78 Å². The number of halogens is 2. The van der Waals surface area contributed by atoms with Gasteiger partial charge in [0.25, 0.3) is 12.0 Å². The van der Waals surface area contributed by atoms with E-state index in [0.717, 1.165) is 14.7 Å². The molecule has 0 amide bonds. The maximum atomic E-state index is 13.0. The molecule has 1 aromatic carbocycles. The molecule has 25 heavy (non-hydrogen) atoms. The second-order valence-electron chi connectivity index (χ2n) is 5.50. The summed E-state index contributed by atoms with van der Waals surface area (Å²) in [7, 11) is 1.39. The number of hydrogen-bond acceptors (Lipinski definition) is 4. The molecule has 9 heteroatoms. The van der Waals surface area contributed by atoms with E-state index in [1.807, 2.05) is 30.3 Å². The monoisotopic (exact) mass is 350 g/mol. The van der Waals surface area contributed by atoms with Crippen molar-refractivity contribution < 1.29 is 13.5 Å². The van der Waals surface area contributed by atoms with Crippen LogP contribution in [0.15, 0.2) is 39.9 Å². The lowest BCUT2D eigenvalue weighted by molar-refractivity contribution is 0.0914. The van der Waals surface area contributed by atoms with Gasteiger partial charge in [0, 0.05) is 7.05 Å². The largest absolute Gasteiger partial charge is 0.369 e. The number of H-pyrrole nitrogens is 1. The fraction of sp³-hybridized carbons (Fsp3) is 0.312. The minimum absolute atomic E-state index is 0.0485. The molecule has 132 valence electrons. The van der Waals surface area contributed by atoms with Crippen molar-refractivity contribution in [3.8, 4) is 0 Å². The van der Waals surface area contributed by atoms with Gasteiger partial charge in [0.15, 0.2) is 5.52 Å². The number of aromatic amines is 1. The number of aryl methyl sites for hydroxylation is 1. The number of ether oxygens (including phenoxy) is 1. The Morgan fingerprint density at radius 3 is 2.60 bits per heavy atom. The molecule has 0 aliphatic rings. The molecule has 0 fully saturated rings. The first kappa shape index (κ1) is 17.0. The molecule has 0 spiro atoms. The van der Waals surface area contributed by atoms with Gasteiger partial charge in [-0.2, -0.15) is 0 Å². The molecule has 3 aromatic rings. The second-order valence-corrected chi connectivity index (χ2v) is 5.50. The number of nitrogens with zero attached hydrogens (tertiary/aromatic N) is 3. The van der Waals surface area contributed by atoms with Gasteiger partial charge in [-0.15, -0.1) is 0 Å². The first-order valence-corrected chi connectivity index (χ1v) is 7.55. The minimum atomic E-state index is -2.67. The Kier molecular flexibility index (Phi) is 4.75. The zero-order valence-electron chi connectivity index (χ0n) is 13.4. The molecule has 3 rings (SSSR count). The molecule has 1 N–H and O–H groups in total. The predicted molar refractivity (Wildman–Crippen MR) is 86.5 cm³/mol. The van der Waals surface area contributed by atoms with E-state index in [4.69, 9.17) is 4.74 Å². The standard InChI is InChI=1S/C16H16F2N4O3/c1-21-15-13(14(23)20-16(21)24)19-12(22(15)7-11(17)18)9-25-8-10-5-3-2-4-6-10/h2-6,11H,7-9H2,1H3,(H,20,23,24). The number of benzene rings is 1. The highest BCUT2D eigenvalue weighted by Crippen LogP contribution is 2.15. The van der Waals surface area contributed by atoms with Gasteiger partial charge in [0.1, 0.15) is 18.1 Å². The lowest BCUT2D eigenvalue weighted by Gasteiger charge is -2.10. The average molecular weight is 350 g/mol. The third-order valence-electron chi connectivity index (χ3n) is 3.74. The van der Waals surface area contributed by atoms with E-state index in [9.17, 15) is 18.4 Å². The summed E-state index contributed by atoms with van der Waals surface area (Å²) in [5, 5.41) is 0. The molecular weight excluding hydrogens is 334 g/mol. The van der Waals surface area contributed by atoms with Crippen molar-refractivity contribution in [3.05, 3.63) is 62.6 Å². The Morgan fingerprint density at radius 1 is 1.20 bits per heavy atom. The normalized spacial score (nSPS) is 11.5. The minimum Gasteiger partial charge on any atom is -0.369 e. The van der Waals surface area contributed by atoms with Gasteiger partial charge in [-0.05, 0) is 5.56 Å². The Balaban J connectivity index is 1.96. The Labute approximate surface area is 140 Å². The number of hydrogen-bond donors (Lipinski definition) is 1. The van der Waals surface area contributed by atoms with Crippen molar-refractivity contribution in [2.45, 2.75) is 26.2 Å². The summed E-state index contributed by atoms with van der Waals surface area (Å²) >= 11 is 0. The van der Waals surface area contributed by atoms with Gasteiger partial charge in [-0.25, -0.2) is 18.6 Å². The molecular formula is C16H16F2N4O3. The van der Waals surface area contributed by atoms with Gasteiger partial charge in [-0.3, -0.25) is 14.3 Å². The van der Waals surface area contributed by atoms with E-state index < -0.39 is 24.2 Å². The summed E-state index contributed by atoms with van der Waals surface area (Å²) in [6.07, 6.45) is -2.67. The van der Waals surface area contributed by atoms with Gasteiger partial charge in [0.2, 0.25) is 0 Å². The number of alkyl halides is 2. The predicted octanol–water partition coefficient (Wildman–Crippen LogP) is 1.41. The third-order valence-corrected chi connectivity index (χ3v) is 3.74. The van der Waals surface area contributed by atoms with Crippen LogP contribution < -0.4 is 11.2 Å². The molecule has 0 aliphatic heterocycles. The highest BCUT2D eigenvalue weighted by molar-refractivity contribution is 5.70. The van der Waals surface area contributed by atoms with Gasteiger partial charge in [-0.1, -0.05) is 30.3 Å². The molecule has 7 nitrogen and oxygen atoms in total. The van der Waals surface area contributed by atoms with Crippen LogP contribution >= 0.6 is 0 Å². The van der Waals surface area contributed by atoms with Crippen molar-refractivity contribution >= 4 is 11.2 Å². The van der Waals surface area contributed by atoms with Crippen LogP contribution in [-0.4, -0.2) is 25.5 Å².